The van der Waals surface area contributed by atoms with Crippen molar-refractivity contribution in [1.82, 2.24) is 10.2 Å². The van der Waals surface area contributed by atoms with E-state index in [0.717, 1.165) is 38.0 Å². The average Bonchev–Trinajstić information content (AvgIpc) is 2.66. The molecular formula is C22H32N2O4. The first-order valence-corrected chi connectivity index (χ1v) is 10.1. The Morgan fingerprint density at radius 2 is 1.75 bits per heavy atom. The highest BCUT2D eigenvalue weighted by Crippen LogP contribution is 2.32. The predicted octanol–water partition coefficient (Wildman–Crippen LogP) is 3.11. The molecule has 2 bridgehead atoms. The number of ether oxygens (including phenoxy) is 2. The Morgan fingerprint density at radius 1 is 1.11 bits per heavy atom. The van der Waals surface area contributed by atoms with E-state index in [1.165, 1.54) is 0 Å². The van der Waals surface area contributed by atoms with Gasteiger partial charge in [0.25, 0.3) is 0 Å². The van der Waals surface area contributed by atoms with Crippen molar-refractivity contribution in [1.29, 1.82) is 0 Å². The maximum atomic E-state index is 13.3. The van der Waals surface area contributed by atoms with E-state index in [0.29, 0.717) is 5.92 Å². The SMILES string of the molecule is CC(C)(C)OC(=O)NCC(C)(C(=O)O[C@H]1CN2CCC1CC2)c1ccccc1. The monoisotopic (exact) mass is 388 g/mol. The van der Waals surface area contributed by atoms with Crippen molar-refractivity contribution in [2.45, 2.75) is 57.7 Å². The third-order valence-corrected chi connectivity index (χ3v) is 5.70. The minimum absolute atomic E-state index is 0.0698. The molecule has 0 aromatic heterocycles. The van der Waals surface area contributed by atoms with Crippen molar-refractivity contribution in [3.8, 4) is 0 Å². The molecular weight excluding hydrogens is 356 g/mol. The number of carbonyl (C=O) groups is 2. The summed E-state index contributed by atoms with van der Waals surface area (Å²) in [5, 5.41) is 2.76. The smallest absolute Gasteiger partial charge is 0.407 e. The maximum absolute atomic E-state index is 13.3. The van der Waals surface area contributed by atoms with Crippen LogP contribution >= 0.6 is 0 Å². The number of esters is 1. The summed E-state index contributed by atoms with van der Waals surface area (Å²) >= 11 is 0. The molecule has 6 heteroatoms. The maximum Gasteiger partial charge on any atom is 0.407 e. The molecule has 1 aromatic carbocycles. The summed E-state index contributed by atoms with van der Waals surface area (Å²) in [4.78, 5) is 27.8. The Hall–Kier alpha value is -2.08. The molecule has 3 heterocycles. The zero-order valence-corrected chi connectivity index (χ0v) is 17.4. The van der Waals surface area contributed by atoms with E-state index in [4.69, 9.17) is 9.47 Å². The number of nitrogens with zero attached hydrogens (tertiary/aromatic N) is 1. The first kappa shape index (κ1) is 20.6. The summed E-state index contributed by atoms with van der Waals surface area (Å²) in [7, 11) is 0. The van der Waals surface area contributed by atoms with Crippen molar-refractivity contribution >= 4 is 12.1 Å². The standard InChI is InChI=1S/C22H32N2O4/c1-21(2,3)28-20(26)23-15-22(4,17-8-6-5-7-9-17)19(25)27-18-14-24-12-10-16(18)11-13-24/h5-9,16,18H,10-15H2,1-4H3,(H,23,26)/t18-,22?/m0/s1. The third kappa shape index (κ3) is 4.85. The van der Waals surface area contributed by atoms with Crippen LogP contribution in [0.15, 0.2) is 30.3 Å². The molecule has 3 saturated heterocycles. The van der Waals surface area contributed by atoms with Crippen molar-refractivity contribution in [2.75, 3.05) is 26.2 Å². The Bertz CT molecular complexity index is 692. The molecule has 0 saturated carbocycles. The summed E-state index contributed by atoms with van der Waals surface area (Å²) in [6.45, 7) is 10.4. The molecule has 1 unspecified atom stereocenters. The minimum Gasteiger partial charge on any atom is -0.460 e. The van der Waals surface area contributed by atoms with Gasteiger partial charge in [-0.2, -0.15) is 0 Å². The van der Waals surface area contributed by atoms with Gasteiger partial charge in [0.2, 0.25) is 0 Å². The molecule has 0 aliphatic carbocycles. The van der Waals surface area contributed by atoms with Crippen LogP contribution in [0.2, 0.25) is 0 Å². The van der Waals surface area contributed by atoms with Gasteiger partial charge in [-0.1, -0.05) is 30.3 Å². The quantitative estimate of drug-likeness (QED) is 0.785. The third-order valence-electron chi connectivity index (χ3n) is 5.70. The summed E-state index contributed by atoms with van der Waals surface area (Å²) in [6.07, 6.45) is 1.55. The first-order chi connectivity index (χ1) is 13.2. The fourth-order valence-electron chi connectivity index (χ4n) is 3.97. The normalized spacial score (nSPS) is 26.2. The van der Waals surface area contributed by atoms with Gasteiger partial charge in [0.05, 0.1) is 0 Å². The second-order valence-corrected chi connectivity index (χ2v) is 9.14. The molecule has 0 radical (unpaired) electrons. The topological polar surface area (TPSA) is 67.9 Å². The first-order valence-electron chi connectivity index (χ1n) is 10.1. The Balaban J connectivity index is 1.73. The Labute approximate surface area is 167 Å². The van der Waals surface area contributed by atoms with E-state index in [1.807, 2.05) is 58.0 Å². The van der Waals surface area contributed by atoms with Gasteiger partial charge in [0.1, 0.15) is 17.1 Å². The lowest BCUT2D eigenvalue weighted by molar-refractivity contribution is -0.165. The van der Waals surface area contributed by atoms with Gasteiger partial charge in [0, 0.05) is 13.1 Å². The average molecular weight is 389 g/mol. The zero-order chi connectivity index (χ0) is 20.4. The Morgan fingerprint density at radius 3 is 2.29 bits per heavy atom. The van der Waals surface area contributed by atoms with E-state index < -0.39 is 17.1 Å². The molecule has 1 N–H and O–H groups in total. The van der Waals surface area contributed by atoms with Gasteiger partial charge in [-0.3, -0.25) is 9.69 Å². The zero-order valence-electron chi connectivity index (χ0n) is 17.4. The van der Waals surface area contributed by atoms with Crippen LogP contribution in [0, 0.1) is 5.92 Å². The molecule has 6 nitrogen and oxygen atoms in total. The number of rotatable bonds is 5. The van der Waals surface area contributed by atoms with Gasteiger partial charge in [-0.15, -0.1) is 0 Å². The van der Waals surface area contributed by atoms with Gasteiger partial charge >= 0.3 is 12.1 Å². The van der Waals surface area contributed by atoms with Crippen molar-refractivity contribution in [2.24, 2.45) is 5.92 Å². The predicted molar refractivity (Wildman–Crippen MR) is 107 cm³/mol. The van der Waals surface area contributed by atoms with Gasteiger partial charge < -0.3 is 14.8 Å². The molecule has 3 aliphatic heterocycles. The number of hydrogen-bond acceptors (Lipinski definition) is 5. The van der Waals surface area contributed by atoms with E-state index in [1.54, 1.807) is 0 Å². The molecule has 3 fully saturated rings. The molecule has 154 valence electrons. The minimum atomic E-state index is -0.982. The van der Waals surface area contributed by atoms with Crippen molar-refractivity contribution in [3.05, 3.63) is 35.9 Å². The lowest BCUT2D eigenvalue weighted by Gasteiger charge is -2.45. The van der Waals surface area contributed by atoms with E-state index >= 15 is 0 Å². The molecule has 3 aliphatic rings. The highest BCUT2D eigenvalue weighted by Gasteiger charge is 2.42. The Kier molecular flexibility index (Phi) is 5.98. The largest absolute Gasteiger partial charge is 0.460 e. The van der Waals surface area contributed by atoms with Crippen LogP contribution in [0.4, 0.5) is 4.79 Å². The molecule has 28 heavy (non-hydrogen) atoms. The van der Waals surface area contributed by atoms with Crippen LogP contribution in [0.5, 0.6) is 0 Å². The number of benzene rings is 1. The summed E-state index contributed by atoms with van der Waals surface area (Å²) in [5.74, 6) is 0.140. The fraction of sp³-hybridized carbons (Fsp3) is 0.636. The van der Waals surface area contributed by atoms with E-state index in [2.05, 4.69) is 10.2 Å². The van der Waals surface area contributed by atoms with Crippen molar-refractivity contribution < 1.29 is 19.1 Å². The number of piperidine rings is 3. The fourth-order valence-corrected chi connectivity index (χ4v) is 3.97. The second-order valence-electron chi connectivity index (χ2n) is 9.14. The van der Waals surface area contributed by atoms with Crippen LogP contribution < -0.4 is 5.32 Å². The molecule has 1 amide bonds. The van der Waals surface area contributed by atoms with Gasteiger partial charge in [-0.25, -0.2) is 4.79 Å². The van der Waals surface area contributed by atoms with Crippen LogP contribution in [0.25, 0.3) is 0 Å². The summed E-state index contributed by atoms with van der Waals surface area (Å²) < 4.78 is 11.3. The van der Waals surface area contributed by atoms with Crippen LogP contribution in [-0.2, 0) is 19.7 Å². The number of fused-ring (bicyclic) bond motifs is 3. The van der Waals surface area contributed by atoms with Crippen molar-refractivity contribution in [3.63, 3.8) is 0 Å². The van der Waals surface area contributed by atoms with E-state index in [-0.39, 0.29) is 18.6 Å². The van der Waals surface area contributed by atoms with Gasteiger partial charge in [0.15, 0.2) is 0 Å². The highest BCUT2D eigenvalue weighted by atomic mass is 16.6. The number of amides is 1. The number of hydrogen-bond donors (Lipinski definition) is 1. The van der Waals surface area contributed by atoms with Crippen LogP contribution in [0.3, 0.4) is 0 Å². The molecule has 4 rings (SSSR count). The lowest BCUT2D eigenvalue weighted by Crippen LogP contribution is -2.54. The molecule has 0 spiro atoms. The highest BCUT2D eigenvalue weighted by molar-refractivity contribution is 5.84. The van der Waals surface area contributed by atoms with Crippen LogP contribution in [-0.4, -0.2) is 54.8 Å². The lowest BCUT2D eigenvalue weighted by atomic mass is 9.81. The molecule has 1 aromatic rings. The molecule has 2 atom stereocenters. The second kappa shape index (κ2) is 8.11. The number of carbonyl (C=O) groups excluding carboxylic acids is 2. The summed E-state index contributed by atoms with van der Waals surface area (Å²) in [5.41, 5.74) is -0.759. The summed E-state index contributed by atoms with van der Waals surface area (Å²) in [6, 6.07) is 9.48. The number of nitrogens with one attached hydrogen (secondary N) is 1. The van der Waals surface area contributed by atoms with Gasteiger partial charge in [-0.05, 0) is 65.1 Å². The van der Waals surface area contributed by atoms with E-state index in [9.17, 15) is 9.59 Å². The van der Waals surface area contributed by atoms with Crippen LogP contribution in [0.1, 0.15) is 46.1 Å². The number of alkyl carbamates (subject to hydrolysis) is 1.